The highest BCUT2D eigenvalue weighted by atomic mass is 16.5. The van der Waals surface area contributed by atoms with Crippen molar-refractivity contribution in [2.45, 2.75) is 18.8 Å². The van der Waals surface area contributed by atoms with Crippen molar-refractivity contribution in [3.05, 3.63) is 47.9 Å². The van der Waals surface area contributed by atoms with Gasteiger partial charge in [-0.3, -0.25) is 4.79 Å². The van der Waals surface area contributed by atoms with E-state index in [2.05, 4.69) is 10.1 Å². The maximum absolute atomic E-state index is 13.0. The van der Waals surface area contributed by atoms with Gasteiger partial charge in [0.15, 0.2) is 0 Å². The second-order valence-corrected chi connectivity index (χ2v) is 7.66. The van der Waals surface area contributed by atoms with Crippen molar-refractivity contribution >= 4 is 5.91 Å². The van der Waals surface area contributed by atoms with Gasteiger partial charge in [-0.05, 0) is 37.1 Å². The second-order valence-electron chi connectivity index (χ2n) is 7.66. The Morgan fingerprint density at radius 3 is 2.69 bits per heavy atom. The first-order valence-corrected chi connectivity index (χ1v) is 10.5. The Hall–Kier alpha value is -3.46. The molecule has 2 aromatic heterocycles. The van der Waals surface area contributed by atoms with Gasteiger partial charge in [0.05, 0.1) is 44.0 Å². The van der Waals surface area contributed by atoms with Crippen LogP contribution in [-0.4, -0.2) is 72.1 Å². The van der Waals surface area contributed by atoms with Crippen LogP contribution in [0.25, 0.3) is 17.2 Å². The van der Waals surface area contributed by atoms with Crippen LogP contribution in [0.1, 0.15) is 34.8 Å². The number of hydrogen-bond donors (Lipinski definition) is 0. The SMILES string of the molecule is COCCN(C)C(=O)c1cnn(-c2nccc(-c3cc(OC)ccc3OC)n2)c1C1CC1. The molecule has 0 spiro atoms. The van der Waals surface area contributed by atoms with Crippen molar-refractivity contribution < 1.29 is 19.0 Å². The third-order valence-electron chi connectivity index (χ3n) is 5.49. The van der Waals surface area contributed by atoms with E-state index in [4.69, 9.17) is 19.2 Å². The largest absolute Gasteiger partial charge is 0.497 e. The van der Waals surface area contributed by atoms with Crippen molar-refractivity contribution in [2.75, 3.05) is 41.5 Å². The zero-order valence-electron chi connectivity index (χ0n) is 18.7. The molecule has 0 N–H and O–H groups in total. The first-order valence-electron chi connectivity index (χ1n) is 10.5. The predicted octanol–water partition coefficient (Wildman–Crippen LogP) is 2.94. The van der Waals surface area contributed by atoms with Crippen molar-refractivity contribution in [3.63, 3.8) is 0 Å². The number of ether oxygens (including phenoxy) is 3. The third-order valence-corrected chi connectivity index (χ3v) is 5.49. The summed E-state index contributed by atoms with van der Waals surface area (Å²) in [5, 5.41) is 4.50. The highest BCUT2D eigenvalue weighted by molar-refractivity contribution is 5.95. The van der Waals surface area contributed by atoms with Crippen LogP contribution >= 0.6 is 0 Å². The summed E-state index contributed by atoms with van der Waals surface area (Å²) in [7, 11) is 6.62. The Morgan fingerprint density at radius 2 is 2.00 bits per heavy atom. The van der Waals surface area contributed by atoms with Crippen LogP contribution in [-0.2, 0) is 4.74 Å². The first-order chi connectivity index (χ1) is 15.6. The van der Waals surface area contributed by atoms with E-state index in [0.717, 1.165) is 24.1 Å². The van der Waals surface area contributed by atoms with Gasteiger partial charge < -0.3 is 19.1 Å². The van der Waals surface area contributed by atoms with E-state index >= 15 is 0 Å². The summed E-state index contributed by atoms with van der Waals surface area (Å²) in [6.07, 6.45) is 5.32. The summed E-state index contributed by atoms with van der Waals surface area (Å²) >= 11 is 0. The van der Waals surface area contributed by atoms with Gasteiger partial charge in [0.2, 0.25) is 0 Å². The van der Waals surface area contributed by atoms with Crippen molar-refractivity contribution in [3.8, 4) is 28.7 Å². The molecule has 4 rings (SSSR count). The molecule has 0 radical (unpaired) electrons. The number of likely N-dealkylation sites (N-methyl/N-ethyl adjacent to an activating group) is 1. The molecule has 1 saturated carbocycles. The number of hydrogen-bond acceptors (Lipinski definition) is 7. The normalized spacial score (nSPS) is 13.1. The Morgan fingerprint density at radius 1 is 1.19 bits per heavy atom. The minimum absolute atomic E-state index is 0.0826. The van der Waals surface area contributed by atoms with E-state index in [0.29, 0.717) is 41.9 Å². The van der Waals surface area contributed by atoms with Crippen LogP contribution in [0.4, 0.5) is 0 Å². The lowest BCUT2D eigenvalue weighted by molar-refractivity contribution is 0.0743. The molecule has 1 aromatic carbocycles. The van der Waals surface area contributed by atoms with E-state index in [1.807, 2.05) is 24.3 Å². The summed E-state index contributed by atoms with van der Waals surface area (Å²) in [4.78, 5) is 23.9. The van der Waals surface area contributed by atoms with E-state index in [1.165, 1.54) is 0 Å². The number of carbonyl (C=O) groups excluding carboxylic acids is 1. The number of amides is 1. The molecule has 9 nitrogen and oxygen atoms in total. The molecule has 3 aromatic rings. The molecule has 168 valence electrons. The maximum Gasteiger partial charge on any atom is 0.257 e. The van der Waals surface area contributed by atoms with Gasteiger partial charge in [-0.15, -0.1) is 0 Å². The highest BCUT2D eigenvalue weighted by Gasteiger charge is 2.34. The van der Waals surface area contributed by atoms with Crippen LogP contribution < -0.4 is 9.47 Å². The van der Waals surface area contributed by atoms with Crippen molar-refractivity contribution in [1.29, 1.82) is 0 Å². The van der Waals surface area contributed by atoms with Gasteiger partial charge >= 0.3 is 0 Å². The molecule has 1 fully saturated rings. The fourth-order valence-corrected chi connectivity index (χ4v) is 3.58. The minimum Gasteiger partial charge on any atom is -0.497 e. The standard InChI is InChI=1S/C23H27N5O4/c1-27(11-12-30-2)22(29)18-14-25-28(21(18)15-5-6-15)23-24-10-9-19(26-23)17-13-16(31-3)7-8-20(17)32-4/h7-10,13-15H,5-6,11-12H2,1-4H3. The summed E-state index contributed by atoms with van der Waals surface area (Å²) in [5.41, 5.74) is 2.90. The Kier molecular flexibility index (Phi) is 6.36. The second kappa shape index (κ2) is 9.35. The molecule has 2 heterocycles. The maximum atomic E-state index is 13.0. The quantitative estimate of drug-likeness (QED) is 0.508. The fourth-order valence-electron chi connectivity index (χ4n) is 3.58. The summed E-state index contributed by atoms with van der Waals surface area (Å²) in [6.45, 7) is 0.981. The predicted molar refractivity (Wildman–Crippen MR) is 119 cm³/mol. The molecule has 0 saturated heterocycles. The molecule has 0 unspecified atom stereocenters. The number of methoxy groups -OCH3 is 3. The van der Waals surface area contributed by atoms with Gasteiger partial charge in [-0.25, -0.2) is 14.6 Å². The Bertz CT molecular complexity index is 1110. The van der Waals surface area contributed by atoms with E-state index < -0.39 is 0 Å². The van der Waals surface area contributed by atoms with Gasteiger partial charge in [0.1, 0.15) is 11.5 Å². The monoisotopic (exact) mass is 437 g/mol. The zero-order valence-corrected chi connectivity index (χ0v) is 18.7. The highest BCUT2D eigenvalue weighted by Crippen LogP contribution is 2.42. The lowest BCUT2D eigenvalue weighted by Crippen LogP contribution is -2.30. The molecule has 0 aliphatic heterocycles. The van der Waals surface area contributed by atoms with E-state index in [-0.39, 0.29) is 11.8 Å². The molecule has 9 heteroatoms. The average molecular weight is 438 g/mol. The van der Waals surface area contributed by atoms with Crippen molar-refractivity contribution in [2.24, 2.45) is 0 Å². The molecule has 0 bridgehead atoms. The van der Waals surface area contributed by atoms with Crippen LogP contribution in [0.3, 0.4) is 0 Å². The molecule has 1 aliphatic carbocycles. The first kappa shape index (κ1) is 21.8. The molecule has 32 heavy (non-hydrogen) atoms. The summed E-state index contributed by atoms with van der Waals surface area (Å²) in [6, 6.07) is 7.36. The topological polar surface area (TPSA) is 91.6 Å². The van der Waals surface area contributed by atoms with Crippen LogP contribution in [0.5, 0.6) is 11.5 Å². The van der Waals surface area contributed by atoms with E-state index in [9.17, 15) is 4.79 Å². The van der Waals surface area contributed by atoms with Crippen LogP contribution in [0, 0.1) is 0 Å². The number of rotatable bonds is 9. The number of benzene rings is 1. The molecule has 1 aliphatic rings. The van der Waals surface area contributed by atoms with Gasteiger partial charge in [-0.1, -0.05) is 0 Å². The molecular formula is C23H27N5O4. The molecule has 0 atom stereocenters. The molecule has 1 amide bonds. The Labute approximate surface area is 186 Å². The third kappa shape index (κ3) is 4.29. The van der Waals surface area contributed by atoms with Crippen molar-refractivity contribution in [1.82, 2.24) is 24.6 Å². The van der Waals surface area contributed by atoms with E-state index in [1.54, 1.807) is 50.4 Å². The average Bonchev–Trinajstić information content (AvgIpc) is 3.59. The number of carbonyl (C=O) groups is 1. The Balaban J connectivity index is 1.73. The minimum atomic E-state index is -0.0826. The lowest BCUT2D eigenvalue weighted by Gasteiger charge is -2.17. The zero-order chi connectivity index (χ0) is 22.7. The fraction of sp³-hybridized carbons (Fsp3) is 0.391. The van der Waals surface area contributed by atoms with Crippen LogP contribution in [0.15, 0.2) is 36.7 Å². The van der Waals surface area contributed by atoms with Gasteiger partial charge in [0, 0.05) is 38.4 Å². The molecular weight excluding hydrogens is 410 g/mol. The summed E-state index contributed by atoms with van der Waals surface area (Å²) < 4.78 is 17.7. The van der Waals surface area contributed by atoms with Crippen LogP contribution in [0.2, 0.25) is 0 Å². The van der Waals surface area contributed by atoms with Gasteiger partial charge in [-0.2, -0.15) is 5.10 Å². The smallest absolute Gasteiger partial charge is 0.257 e. The number of aromatic nitrogens is 4. The summed E-state index contributed by atoms with van der Waals surface area (Å²) in [5.74, 6) is 1.97. The van der Waals surface area contributed by atoms with Gasteiger partial charge in [0.25, 0.3) is 11.9 Å². The number of nitrogens with zero attached hydrogens (tertiary/aromatic N) is 5. The lowest BCUT2D eigenvalue weighted by atomic mass is 10.1.